The molecule has 0 atom stereocenters. The first-order valence-electron chi connectivity index (χ1n) is 10.5. The number of hydrogen-bond acceptors (Lipinski definition) is 3. The van der Waals surface area contributed by atoms with Gasteiger partial charge < -0.3 is 9.64 Å². The maximum Gasteiger partial charge on any atom is 0.225 e. The Bertz CT molecular complexity index is 641. The molecule has 1 spiro atoms. The van der Waals surface area contributed by atoms with E-state index in [1.165, 1.54) is 24.8 Å². The zero-order valence-electron chi connectivity index (χ0n) is 16.2. The van der Waals surface area contributed by atoms with E-state index in [2.05, 4.69) is 15.9 Å². The highest BCUT2D eigenvalue weighted by atomic mass is 35.5. The fraction of sp³-hybridized carbons (Fsp3) is 0.682. The first-order chi connectivity index (χ1) is 13.2. The summed E-state index contributed by atoms with van der Waals surface area (Å²) in [5.74, 6) is 0.562. The normalized spacial score (nSPS) is 24.3. The van der Waals surface area contributed by atoms with E-state index < -0.39 is 0 Å². The number of halogens is 1. The predicted octanol–water partition coefficient (Wildman–Crippen LogP) is 4.11. The Morgan fingerprint density at radius 2 is 1.81 bits per heavy atom. The van der Waals surface area contributed by atoms with E-state index in [-0.39, 0.29) is 11.5 Å². The van der Waals surface area contributed by atoms with Crippen molar-refractivity contribution in [2.75, 3.05) is 32.8 Å². The SMILES string of the molecule is O=C(C1CCN(Cc2ccccc2Cl)CC1)N1CCC2(CCCCO2)CC1. The van der Waals surface area contributed by atoms with Gasteiger partial charge in [0.15, 0.2) is 0 Å². The first kappa shape index (κ1) is 19.2. The van der Waals surface area contributed by atoms with Crippen molar-refractivity contribution < 1.29 is 9.53 Å². The van der Waals surface area contributed by atoms with E-state index in [0.717, 1.165) is 70.0 Å². The molecule has 0 unspecified atom stereocenters. The smallest absolute Gasteiger partial charge is 0.225 e. The molecule has 27 heavy (non-hydrogen) atoms. The van der Waals surface area contributed by atoms with Crippen LogP contribution >= 0.6 is 11.6 Å². The van der Waals surface area contributed by atoms with Crippen LogP contribution in [0, 0.1) is 5.92 Å². The number of piperidine rings is 2. The Kier molecular flexibility index (Phi) is 6.05. The number of amides is 1. The zero-order valence-corrected chi connectivity index (χ0v) is 16.9. The van der Waals surface area contributed by atoms with Gasteiger partial charge in [-0.05, 0) is 69.7 Å². The average molecular weight is 391 g/mol. The summed E-state index contributed by atoms with van der Waals surface area (Å²) in [6.45, 7) is 5.48. The number of likely N-dealkylation sites (tertiary alicyclic amines) is 2. The van der Waals surface area contributed by atoms with Gasteiger partial charge in [0, 0.05) is 37.2 Å². The van der Waals surface area contributed by atoms with Gasteiger partial charge in [0.25, 0.3) is 0 Å². The minimum Gasteiger partial charge on any atom is -0.375 e. The van der Waals surface area contributed by atoms with Crippen molar-refractivity contribution in [3.63, 3.8) is 0 Å². The van der Waals surface area contributed by atoms with Crippen molar-refractivity contribution in [1.29, 1.82) is 0 Å². The second-order valence-corrected chi connectivity index (χ2v) is 8.86. The van der Waals surface area contributed by atoms with Crippen LogP contribution < -0.4 is 0 Å². The third kappa shape index (κ3) is 4.49. The lowest BCUT2D eigenvalue weighted by Crippen LogP contribution is -2.51. The average Bonchev–Trinajstić information content (AvgIpc) is 2.71. The fourth-order valence-electron chi connectivity index (χ4n) is 4.90. The summed E-state index contributed by atoms with van der Waals surface area (Å²) >= 11 is 6.29. The van der Waals surface area contributed by atoms with E-state index in [1.807, 2.05) is 18.2 Å². The third-order valence-electron chi connectivity index (χ3n) is 6.71. The molecule has 1 aromatic rings. The molecule has 4 rings (SSSR count). The van der Waals surface area contributed by atoms with E-state index >= 15 is 0 Å². The van der Waals surface area contributed by atoms with Crippen LogP contribution in [0.4, 0.5) is 0 Å². The second-order valence-electron chi connectivity index (χ2n) is 8.46. The van der Waals surface area contributed by atoms with Crippen LogP contribution in [0.2, 0.25) is 5.02 Å². The van der Waals surface area contributed by atoms with E-state index in [9.17, 15) is 4.79 Å². The molecule has 0 aliphatic carbocycles. The molecule has 3 saturated heterocycles. The maximum absolute atomic E-state index is 13.0. The van der Waals surface area contributed by atoms with Crippen LogP contribution in [-0.2, 0) is 16.1 Å². The predicted molar refractivity (Wildman–Crippen MR) is 108 cm³/mol. The van der Waals surface area contributed by atoms with Crippen molar-refractivity contribution in [3.8, 4) is 0 Å². The van der Waals surface area contributed by atoms with Crippen LogP contribution in [0.25, 0.3) is 0 Å². The van der Waals surface area contributed by atoms with E-state index in [0.29, 0.717) is 5.91 Å². The molecular formula is C22H31ClN2O2. The van der Waals surface area contributed by atoms with Crippen molar-refractivity contribution in [2.24, 2.45) is 5.92 Å². The minimum atomic E-state index is 0.0767. The lowest BCUT2D eigenvalue weighted by Gasteiger charge is -2.45. The quantitative estimate of drug-likeness (QED) is 0.778. The topological polar surface area (TPSA) is 32.8 Å². The van der Waals surface area contributed by atoms with Crippen LogP contribution in [0.1, 0.15) is 50.5 Å². The highest BCUT2D eigenvalue weighted by Gasteiger charge is 2.39. The number of rotatable bonds is 3. The van der Waals surface area contributed by atoms with E-state index in [1.54, 1.807) is 0 Å². The number of nitrogens with zero attached hydrogens (tertiary/aromatic N) is 2. The monoisotopic (exact) mass is 390 g/mol. The molecule has 148 valence electrons. The summed E-state index contributed by atoms with van der Waals surface area (Å²) in [6, 6.07) is 8.05. The van der Waals surface area contributed by atoms with Crippen molar-refractivity contribution >= 4 is 17.5 Å². The second kappa shape index (κ2) is 8.50. The highest BCUT2D eigenvalue weighted by molar-refractivity contribution is 6.31. The van der Waals surface area contributed by atoms with Gasteiger partial charge in [-0.15, -0.1) is 0 Å². The Balaban J connectivity index is 1.25. The minimum absolute atomic E-state index is 0.0767. The zero-order chi connectivity index (χ0) is 18.7. The van der Waals surface area contributed by atoms with E-state index in [4.69, 9.17) is 16.3 Å². The summed E-state index contributed by atoms with van der Waals surface area (Å²) in [6.07, 6.45) is 7.60. The van der Waals surface area contributed by atoms with Crippen molar-refractivity contribution in [2.45, 2.75) is 57.1 Å². The van der Waals surface area contributed by atoms with Gasteiger partial charge in [0.1, 0.15) is 0 Å². The summed E-state index contributed by atoms with van der Waals surface area (Å²) < 4.78 is 6.10. The lowest BCUT2D eigenvalue weighted by atomic mass is 9.84. The molecule has 3 heterocycles. The van der Waals surface area contributed by atoms with Crippen LogP contribution in [0.3, 0.4) is 0 Å². The Hall–Kier alpha value is -1.10. The van der Waals surface area contributed by atoms with Gasteiger partial charge in [0.2, 0.25) is 5.91 Å². The highest BCUT2D eigenvalue weighted by Crippen LogP contribution is 2.35. The summed E-state index contributed by atoms with van der Waals surface area (Å²) in [5, 5.41) is 0.836. The maximum atomic E-state index is 13.0. The molecule has 1 aromatic carbocycles. The molecule has 0 bridgehead atoms. The standard InChI is InChI=1S/C22H31ClN2O2/c23-20-6-2-1-5-19(20)17-24-12-7-18(8-13-24)21(26)25-14-10-22(11-15-25)9-3-4-16-27-22/h1-2,5-6,18H,3-4,7-17H2. The number of ether oxygens (including phenoxy) is 1. The number of hydrogen-bond donors (Lipinski definition) is 0. The first-order valence-corrected chi connectivity index (χ1v) is 10.9. The van der Waals surface area contributed by atoms with Gasteiger partial charge >= 0.3 is 0 Å². The number of carbonyl (C=O) groups is 1. The molecule has 1 amide bonds. The molecule has 3 aliphatic heterocycles. The Labute approximate surface area is 167 Å². The van der Waals surface area contributed by atoms with Gasteiger partial charge in [-0.3, -0.25) is 9.69 Å². The fourth-order valence-corrected chi connectivity index (χ4v) is 5.10. The Morgan fingerprint density at radius 3 is 2.48 bits per heavy atom. The van der Waals surface area contributed by atoms with Gasteiger partial charge in [-0.1, -0.05) is 29.8 Å². The molecular weight excluding hydrogens is 360 g/mol. The molecule has 3 aliphatic rings. The Morgan fingerprint density at radius 1 is 1.07 bits per heavy atom. The molecule has 4 nitrogen and oxygen atoms in total. The lowest BCUT2D eigenvalue weighted by molar-refractivity contribution is -0.147. The molecule has 0 saturated carbocycles. The van der Waals surface area contributed by atoms with Crippen LogP contribution in [0.15, 0.2) is 24.3 Å². The van der Waals surface area contributed by atoms with Crippen LogP contribution in [0.5, 0.6) is 0 Å². The van der Waals surface area contributed by atoms with Crippen LogP contribution in [-0.4, -0.2) is 54.1 Å². The van der Waals surface area contributed by atoms with Gasteiger partial charge in [0.05, 0.1) is 5.60 Å². The summed E-state index contributed by atoms with van der Waals surface area (Å²) in [5.41, 5.74) is 1.26. The van der Waals surface area contributed by atoms with Gasteiger partial charge in [-0.2, -0.15) is 0 Å². The molecule has 0 N–H and O–H groups in total. The molecule has 5 heteroatoms. The summed E-state index contributed by atoms with van der Waals surface area (Å²) in [4.78, 5) is 17.5. The molecule has 0 radical (unpaired) electrons. The third-order valence-corrected chi connectivity index (χ3v) is 7.08. The molecule has 3 fully saturated rings. The number of carbonyl (C=O) groups excluding carboxylic acids is 1. The van der Waals surface area contributed by atoms with Crippen molar-refractivity contribution in [3.05, 3.63) is 34.9 Å². The number of benzene rings is 1. The van der Waals surface area contributed by atoms with Gasteiger partial charge in [-0.25, -0.2) is 0 Å². The molecule has 0 aromatic heterocycles. The van der Waals surface area contributed by atoms with Crippen molar-refractivity contribution in [1.82, 2.24) is 9.80 Å². The largest absolute Gasteiger partial charge is 0.375 e. The summed E-state index contributed by atoms with van der Waals surface area (Å²) in [7, 11) is 0.